The Bertz CT molecular complexity index is 439. The second kappa shape index (κ2) is 6.04. The largest absolute Gasteiger partial charge is 0.385 e. The van der Waals surface area contributed by atoms with E-state index in [1.54, 1.807) is 6.20 Å². The summed E-state index contributed by atoms with van der Waals surface area (Å²) in [4.78, 5) is 16.4. The molecule has 0 aromatic carbocycles. The van der Waals surface area contributed by atoms with Gasteiger partial charge in [-0.2, -0.15) is 0 Å². The molecule has 19 heavy (non-hydrogen) atoms. The third kappa shape index (κ3) is 3.69. The van der Waals surface area contributed by atoms with Crippen molar-refractivity contribution >= 4 is 11.6 Å². The molecule has 0 spiro atoms. The lowest BCUT2D eigenvalue weighted by Crippen LogP contribution is -2.43. The molecule has 1 aliphatic carbocycles. The number of nitrogens with one attached hydrogen (secondary N) is 2. The van der Waals surface area contributed by atoms with Gasteiger partial charge in [0, 0.05) is 24.0 Å². The van der Waals surface area contributed by atoms with Crippen molar-refractivity contribution in [2.24, 2.45) is 0 Å². The number of aromatic nitrogens is 1. The van der Waals surface area contributed by atoms with E-state index in [2.05, 4.69) is 29.5 Å². The Morgan fingerprint density at radius 2 is 2.16 bits per heavy atom. The van der Waals surface area contributed by atoms with Crippen molar-refractivity contribution < 1.29 is 4.79 Å². The van der Waals surface area contributed by atoms with Gasteiger partial charge in [0.15, 0.2) is 0 Å². The average molecular weight is 261 g/mol. The maximum absolute atomic E-state index is 12.2. The molecule has 0 atom stereocenters. The summed E-state index contributed by atoms with van der Waals surface area (Å²) in [5, 5.41) is 6.40. The monoisotopic (exact) mass is 261 g/mol. The van der Waals surface area contributed by atoms with Crippen LogP contribution in [0.5, 0.6) is 0 Å². The van der Waals surface area contributed by atoms with Crippen molar-refractivity contribution in [2.45, 2.75) is 51.5 Å². The molecule has 0 saturated heterocycles. The molecule has 2 N–H and O–H groups in total. The van der Waals surface area contributed by atoms with Crippen molar-refractivity contribution in [3.05, 3.63) is 24.0 Å². The molecule has 1 amide bonds. The van der Waals surface area contributed by atoms with Gasteiger partial charge in [-0.25, -0.2) is 0 Å². The number of carbonyl (C=O) groups is 1. The van der Waals surface area contributed by atoms with E-state index in [1.165, 1.54) is 12.8 Å². The van der Waals surface area contributed by atoms with Gasteiger partial charge in [-0.15, -0.1) is 0 Å². The van der Waals surface area contributed by atoms with Gasteiger partial charge in [-0.05, 0) is 38.3 Å². The molecule has 0 unspecified atom stereocenters. The van der Waals surface area contributed by atoms with Crippen LogP contribution in [0.15, 0.2) is 18.3 Å². The molecule has 1 aromatic heterocycles. The van der Waals surface area contributed by atoms with Crippen LogP contribution in [0, 0.1) is 0 Å². The molecular formula is C15H23N3O. The van der Waals surface area contributed by atoms with Gasteiger partial charge >= 0.3 is 0 Å². The molecule has 1 fully saturated rings. The van der Waals surface area contributed by atoms with Crippen LogP contribution >= 0.6 is 0 Å². The number of hydrogen-bond donors (Lipinski definition) is 2. The number of amides is 1. The minimum absolute atomic E-state index is 0.0500. The number of rotatable bonds is 5. The Balaban J connectivity index is 2.02. The first-order valence-electron chi connectivity index (χ1n) is 7.15. The molecule has 1 heterocycles. The normalized spacial score (nSPS) is 17.2. The number of hydrogen-bond acceptors (Lipinski definition) is 3. The Hall–Kier alpha value is -1.58. The molecule has 4 heteroatoms. The number of nitrogens with zero attached hydrogens (tertiary/aromatic N) is 1. The highest BCUT2D eigenvalue weighted by molar-refractivity contribution is 5.93. The lowest BCUT2D eigenvalue weighted by Gasteiger charge is -2.25. The molecular weight excluding hydrogens is 238 g/mol. The smallest absolute Gasteiger partial charge is 0.270 e. The van der Waals surface area contributed by atoms with Gasteiger partial charge < -0.3 is 10.6 Å². The molecule has 1 aliphatic rings. The van der Waals surface area contributed by atoms with Crippen LogP contribution in [-0.2, 0) is 0 Å². The number of carbonyl (C=O) groups excluding carboxylic acids is 1. The maximum atomic E-state index is 12.2. The minimum Gasteiger partial charge on any atom is -0.385 e. The zero-order valence-electron chi connectivity index (χ0n) is 11.8. The number of anilines is 1. The topological polar surface area (TPSA) is 54.0 Å². The highest BCUT2D eigenvalue weighted by atomic mass is 16.2. The summed E-state index contributed by atoms with van der Waals surface area (Å²) < 4.78 is 0. The van der Waals surface area contributed by atoms with Crippen LogP contribution in [-0.4, -0.2) is 23.0 Å². The number of pyridine rings is 1. The maximum Gasteiger partial charge on any atom is 0.270 e. The summed E-state index contributed by atoms with van der Waals surface area (Å²) >= 11 is 0. The predicted octanol–water partition coefficient (Wildman–Crippen LogP) is 2.97. The fourth-order valence-electron chi connectivity index (χ4n) is 2.55. The van der Waals surface area contributed by atoms with Crippen molar-refractivity contribution in [2.75, 3.05) is 11.9 Å². The molecule has 0 aliphatic heterocycles. The molecule has 104 valence electrons. The molecule has 0 radical (unpaired) electrons. The lowest BCUT2D eigenvalue weighted by molar-refractivity contribution is 0.0903. The van der Waals surface area contributed by atoms with Gasteiger partial charge in [0.1, 0.15) is 5.69 Å². The molecule has 1 saturated carbocycles. The fraction of sp³-hybridized carbons (Fsp3) is 0.600. The van der Waals surface area contributed by atoms with Gasteiger partial charge in [0.2, 0.25) is 0 Å². The zero-order valence-corrected chi connectivity index (χ0v) is 11.8. The van der Waals surface area contributed by atoms with Crippen molar-refractivity contribution in [1.82, 2.24) is 10.3 Å². The average Bonchev–Trinajstić information content (AvgIpc) is 2.83. The van der Waals surface area contributed by atoms with E-state index in [9.17, 15) is 4.79 Å². The van der Waals surface area contributed by atoms with Gasteiger partial charge in [0.05, 0.1) is 0 Å². The van der Waals surface area contributed by atoms with E-state index < -0.39 is 0 Å². The van der Waals surface area contributed by atoms with Gasteiger partial charge in [-0.1, -0.05) is 19.8 Å². The quantitative estimate of drug-likeness (QED) is 0.856. The molecule has 2 rings (SSSR count). The molecule has 0 bridgehead atoms. The van der Waals surface area contributed by atoms with E-state index in [4.69, 9.17) is 0 Å². The lowest BCUT2D eigenvalue weighted by atomic mass is 10.0. The van der Waals surface area contributed by atoms with Crippen molar-refractivity contribution in [3.63, 3.8) is 0 Å². The Morgan fingerprint density at radius 1 is 1.42 bits per heavy atom. The summed E-state index contributed by atoms with van der Waals surface area (Å²) in [5.41, 5.74) is 1.40. The summed E-state index contributed by atoms with van der Waals surface area (Å²) in [6.07, 6.45) is 7.26. The Labute approximate surface area is 115 Å². The van der Waals surface area contributed by atoms with Crippen molar-refractivity contribution in [3.8, 4) is 0 Å². The Kier molecular flexibility index (Phi) is 4.40. The third-order valence-electron chi connectivity index (χ3n) is 3.69. The minimum atomic E-state index is -0.0652. The van der Waals surface area contributed by atoms with E-state index in [-0.39, 0.29) is 11.4 Å². The summed E-state index contributed by atoms with van der Waals surface area (Å²) in [7, 11) is 0. The first-order chi connectivity index (χ1) is 9.13. The van der Waals surface area contributed by atoms with E-state index in [1.807, 2.05) is 12.1 Å². The second-order valence-electron chi connectivity index (χ2n) is 5.58. The summed E-state index contributed by atoms with van der Waals surface area (Å²) in [6, 6.07) is 3.72. The first kappa shape index (κ1) is 13.8. The van der Waals surface area contributed by atoms with Gasteiger partial charge in [0.25, 0.3) is 5.91 Å². The van der Waals surface area contributed by atoms with Crippen LogP contribution in [0.25, 0.3) is 0 Å². The molecule has 1 aromatic rings. The first-order valence-corrected chi connectivity index (χ1v) is 7.15. The Morgan fingerprint density at radius 3 is 2.84 bits per heavy atom. The van der Waals surface area contributed by atoms with Gasteiger partial charge in [-0.3, -0.25) is 9.78 Å². The molecule has 4 nitrogen and oxygen atoms in total. The zero-order chi connectivity index (χ0) is 13.7. The fourth-order valence-corrected chi connectivity index (χ4v) is 2.55. The van der Waals surface area contributed by atoms with Crippen molar-refractivity contribution in [1.29, 1.82) is 0 Å². The van der Waals surface area contributed by atoms with E-state index in [0.29, 0.717) is 5.69 Å². The standard InChI is InChI=1S/C15H23N3O/c1-3-9-16-12-6-10-17-13(11-12)14(19)18-15(2)7-4-5-8-15/h6,10-11H,3-5,7-9H2,1-2H3,(H,16,17)(H,18,19). The summed E-state index contributed by atoms with van der Waals surface area (Å²) in [5.74, 6) is -0.0652. The predicted molar refractivity (Wildman–Crippen MR) is 77.4 cm³/mol. The highest BCUT2D eigenvalue weighted by Gasteiger charge is 2.30. The van der Waals surface area contributed by atoms with E-state index >= 15 is 0 Å². The highest BCUT2D eigenvalue weighted by Crippen LogP contribution is 2.29. The van der Waals surface area contributed by atoms with Crippen LogP contribution in [0.4, 0.5) is 5.69 Å². The summed E-state index contributed by atoms with van der Waals surface area (Å²) in [6.45, 7) is 5.14. The second-order valence-corrected chi connectivity index (χ2v) is 5.58. The van der Waals surface area contributed by atoms with Crippen LogP contribution in [0.2, 0.25) is 0 Å². The third-order valence-corrected chi connectivity index (χ3v) is 3.69. The SMILES string of the molecule is CCCNc1ccnc(C(=O)NC2(C)CCCC2)c1. The van der Waals surface area contributed by atoms with Crippen LogP contribution in [0.3, 0.4) is 0 Å². The van der Waals surface area contributed by atoms with E-state index in [0.717, 1.165) is 31.5 Å². The van der Waals surface area contributed by atoms with Crippen LogP contribution in [0.1, 0.15) is 56.4 Å². The van der Waals surface area contributed by atoms with Crippen LogP contribution < -0.4 is 10.6 Å².